The topological polar surface area (TPSA) is 59.9 Å². The molecule has 8 heteroatoms. The molecule has 0 aliphatic heterocycles. The number of halogens is 3. The molecular formula is C24H33F3N4O. The lowest BCUT2D eigenvalue weighted by Crippen LogP contribution is -2.31. The molecule has 0 amide bonds. The van der Waals surface area contributed by atoms with Gasteiger partial charge in [-0.25, -0.2) is 5.43 Å². The molecule has 2 aromatic rings. The number of hydrogen-bond donors (Lipinski definition) is 3. The minimum atomic E-state index is -4.38. The summed E-state index contributed by atoms with van der Waals surface area (Å²) in [6.07, 6.45) is 0.267. The van der Waals surface area contributed by atoms with Gasteiger partial charge in [0.2, 0.25) is 0 Å². The van der Waals surface area contributed by atoms with Crippen LogP contribution < -0.4 is 15.9 Å². The summed E-state index contributed by atoms with van der Waals surface area (Å²) in [5.74, 6) is 0.293. The summed E-state index contributed by atoms with van der Waals surface area (Å²) < 4.78 is 38.5. The highest BCUT2D eigenvalue weighted by Crippen LogP contribution is 2.33. The second kappa shape index (κ2) is 12.9. The number of rotatable bonds is 8. The first-order valence-corrected chi connectivity index (χ1v) is 10.6. The van der Waals surface area contributed by atoms with Gasteiger partial charge in [-0.3, -0.25) is 10.2 Å². The molecule has 32 heavy (non-hydrogen) atoms. The number of hydrazine groups is 1. The van der Waals surface area contributed by atoms with Crippen LogP contribution >= 0.6 is 0 Å². The zero-order valence-corrected chi connectivity index (χ0v) is 19.5. The zero-order chi connectivity index (χ0) is 24.3. The van der Waals surface area contributed by atoms with Crippen LogP contribution in [0.3, 0.4) is 0 Å². The normalized spacial score (nSPS) is 12.9. The van der Waals surface area contributed by atoms with Crippen LogP contribution in [0.4, 0.5) is 30.2 Å². The van der Waals surface area contributed by atoms with Crippen LogP contribution in [-0.4, -0.2) is 18.5 Å². The summed E-state index contributed by atoms with van der Waals surface area (Å²) in [6, 6.07) is 9.98. The average molecular weight is 451 g/mol. The molecule has 0 aliphatic carbocycles. The lowest BCUT2D eigenvalue weighted by Gasteiger charge is -2.19. The van der Waals surface area contributed by atoms with Crippen molar-refractivity contribution in [3.05, 3.63) is 59.7 Å². The number of allylic oxidation sites excluding steroid dienone is 1. The van der Waals surface area contributed by atoms with Gasteiger partial charge in [-0.1, -0.05) is 33.8 Å². The van der Waals surface area contributed by atoms with E-state index in [0.717, 1.165) is 23.7 Å². The molecule has 3 N–H and O–H groups in total. The van der Waals surface area contributed by atoms with Crippen molar-refractivity contribution in [2.75, 3.05) is 17.5 Å². The molecule has 5 nitrogen and oxygen atoms in total. The lowest BCUT2D eigenvalue weighted by atomic mass is 10.1. The summed E-state index contributed by atoms with van der Waals surface area (Å²) in [7, 11) is 1.58. The maximum Gasteiger partial charge on any atom is 0.416 e. The van der Waals surface area contributed by atoms with Gasteiger partial charge < -0.3 is 5.32 Å². The monoisotopic (exact) mass is 450 g/mol. The maximum absolute atomic E-state index is 12.8. The summed E-state index contributed by atoms with van der Waals surface area (Å²) in [4.78, 5) is 4.58. The van der Waals surface area contributed by atoms with Crippen LogP contribution in [0.5, 0.6) is 0 Å². The smallest absolute Gasteiger partial charge is 0.355 e. The van der Waals surface area contributed by atoms with Crippen LogP contribution in [-0.2, 0) is 6.18 Å². The van der Waals surface area contributed by atoms with Gasteiger partial charge in [-0.2, -0.15) is 18.3 Å². The summed E-state index contributed by atoms with van der Waals surface area (Å²) in [5.41, 5.74) is 4.93. The van der Waals surface area contributed by atoms with Crippen molar-refractivity contribution in [3.63, 3.8) is 0 Å². The Morgan fingerprint density at radius 2 is 1.78 bits per heavy atom. The molecule has 0 aromatic heterocycles. The molecule has 0 saturated heterocycles. The van der Waals surface area contributed by atoms with Gasteiger partial charge >= 0.3 is 6.18 Å². The fourth-order valence-corrected chi connectivity index (χ4v) is 2.62. The van der Waals surface area contributed by atoms with Crippen molar-refractivity contribution in [3.8, 4) is 0 Å². The first-order valence-electron chi connectivity index (χ1n) is 10.6. The number of hydrogen-bond acceptors (Lipinski definition) is 5. The van der Waals surface area contributed by atoms with E-state index in [9.17, 15) is 18.4 Å². The van der Waals surface area contributed by atoms with Crippen LogP contribution in [0.2, 0.25) is 0 Å². The Morgan fingerprint density at radius 1 is 1.16 bits per heavy atom. The first kappa shape index (κ1) is 27.2. The molecule has 2 rings (SSSR count). The van der Waals surface area contributed by atoms with E-state index in [1.54, 1.807) is 25.2 Å². The van der Waals surface area contributed by atoms with Crippen LogP contribution in [0.15, 0.2) is 53.5 Å². The van der Waals surface area contributed by atoms with E-state index in [1.807, 2.05) is 33.1 Å². The fraction of sp³-hybridized carbons (Fsp3) is 0.375. The molecule has 0 spiro atoms. The summed E-state index contributed by atoms with van der Waals surface area (Å²) in [6.45, 7) is 9.98. The van der Waals surface area contributed by atoms with Crippen molar-refractivity contribution < 1.29 is 18.4 Å². The highest BCUT2D eigenvalue weighted by Gasteiger charge is 2.29. The SMILES string of the molecule is C/C=C(\N=CC(C)CC)c1cc(N(O)NC)ccc1Nc1ccc(C(F)(F)F)cc1.CC. The third-order valence-electron chi connectivity index (χ3n) is 4.61. The number of nitrogens with one attached hydrogen (secondary N) is 2. The fourth-order valence-electron chi connectivity index (χ4n) is 2.62. The Morgan fingerprint density at radius 3 is 2.28 bits per heavy atom. The third-order valence-corrected chi connectivity index (χ3v) is 4.61. The maximum atomic E-state index is 12.8. The van der Waals surface area contributed by atoms with Crippen molar-refractivity contribution in [1.82, 2.24) is 5.43 Å². The quantitative estimate of drug-likeness (QED) is 0.292. The van der Waals surface area contributed by atoms with Gasteiger partial charge in [-0.15, -0.1) is 0 Å². The molecule has 0 fully saturated rings. The second-order valence-electron chi connectivity index (χ2n) is 6.80. The number of aliphatic imine (C=N–C) groups is 1. The molecule has 2 aromatic carbocycles. The average Bonchev–Trinajstić information content (AvgIpc) is 2.80. The van der Waals surface area contributed by atoms with Crippen LogP contribution in [0.1, 0.15) is 52.2 Å². The van der Waals surface area contributed by atoms with Gasteiger partial charge in [-0.05, 0) is 61.7 Å². The lowest BCUT2D eigenvalue weighted by molar-refractivity contribution is -0.137. The van der Waals surface area contributed by atoms with Crippen molar-refractivity contribution >= 4 is 29.0 Å². The molecule has 0 heterocycles. The highest BCUT2D eigenvalue weighted by atomic mass is 19.4. The number of benzene rings is 2. The largest absolute Gasteiger partial charge is 0.416 e. The molecule has 0 aliphatic rings. The predicted octanol–water partition coefficient (Wildman–Crippen LogP) is 7.28. The Bertz CT molecular complexity index is 893. The van der Waals surface area contributed by atoms with Crippen molar-refractivity contribution in [1.29, 1.82) is 0 Å². The number of nitrogens with zero attached hydrogens (tertiary/aromatic N) is 2. The van der Waals surface area contributed by atoms with Gasteiger partial charge in [0.05, 0.1) is 16.9 Å². The van der Waals surface area contributed by atoms with E-state index in [2.05, 4.69) is 29.6 Å². The second-order valence-corrected chi connectivity index (χ2v) is 6.80. The minimum Gasteiger partial charge on any atom is -0.355 e. The van der Waals surface area contributed by atoms with E-state index >= 15 is 0 Å². The number of anilines is 3. The van der Waals surface area contributed by atoms with Gasteiger partial charge in [0, 0.05) is 30.2 Å². The van der Waals surface area contributed by atoms with Crippen LogP contribution in [0.25, 0.3) is 5.70 Å². The predicted molar refractivity (Wildman–Crippen MR) is 127 cm³/mol. The Hall–Kier alpha value is -2.84. The van der Waals surface area contributed by atoms with Crippen LogP contribution in [0, 0.1) is 5.92 Å². The highest BCUT2D eigenvalue weighted by molar-refractivity contribution is 5.84. The molecular weight excluding hydrogens is 417 g/mol. The van der Waals surface area contributed by atoms with E-state index in [0.29, 0.717) is 34.2 Å². The van der Waals surface area contributed by atoms with E-state index in [4.69, 9.17) is 0 Å². The van der Waals surface area contributed by atoms with Crippen molar-refractivity contribution in [2.45, 2.75) is 47.2 Å². The molecule has 1 atom stereocenters. The summed E-state index contributed by atoms with van der Waals surface area (Å²) in [5, 5.41) is 14.0. The molecule has 0 radical (unpaired) electrons. The first-order chi connectivity index (χ1) is 15.2. The summed E-state index contributed by atoms with van der Waals surface area (Å²) >= 11 is 0. The van der Waals surface area contributed by atoms with E-state index in [1.165, 1.54) is 12.1 Å². The molecule has 1 unspecified atom stereocenters. The zero-order valence-electron chi connectivity index (χ0n) is 19.5. The Balaban J connectivity index is 0.00000249. The van der Waals surface area contributed by atoms with Gasteiger partial charge in [0.25, 0.3) is 0 Å². The van der Waals surface area contributed by atoms with Gasteiger partial charge in [0.1, 0.15) is 0 Å². The number of alkyl halides is 3. The molecule has 176 valence electrons. The minimum absolute atomic E-state index is 0.293. The molecule has 0 bridgehead atoms. The third kappa shape index (κ3) is 7.69. The van der Waals surface area contributed by atoms with E-state index < -0.39 is 11.7 Å². The Labute approximate surface area is 188 Å². The van der Waals surface area contributed by atoms with E-state index in [-0.39, 0.29) is 0 Å². The van der Waals surface area contributed by atoms with Crippen molar-refractivity contribution in [2.24, 2.45) is 10.9 Å². The van der Waals surface area contributed by atoms with Gasteiger partial charge in [0.15, 0.2) is 0 Å². The Kier molecular flexibility index (Phi) is 10.9. The molecule has 0 saturated carbocycles. The standard InChI is InChI=1S/C22H27F3N4O.C2H6/c1-5-15(3)14-27-20(6-2)19-13-18(29(30)26-4)11-12-21(19)28-17-9-7-16(8-10-17)22(23,24)25;1-2/h6-15,26,28,30H,5H2,1-4H3;1-2H3/b20-6-,27-14?;.